The molecular weight excluding hydrogens is 439 g/mol. The van der Waals surface area contributed by atoms with Gasteiger partial charge in [-0.2, -0.15) is 4.31 Å². The van der Waals surface area contributed by atoms with E-state index in [0.29, 0.717) is 35.6 Å². The number of benzene rings is 2. The van der Waals surface area contributed by atoms with Crippen LogP contribution in [-0.2, 0) is 10.0 Å². The molecule has 1 amide bonds. The van der Waals surface area contributed by atoms with Gasteiger partial charge in [0, 0.05) is 12.2 Å². The van der Waals surface area contributed by atoms with Crippen molar-refractivity contribution in [2.45, 2.75) is 37.6 Å². The lowest BCUT2D eigenvalue weighted by atomic mass is 10.2. The number of rotatable bonds is 5. The number of carbonyl (C=O) groups excluding carboxylic acids is 1. The van der Waals surface area contributed by atoms with Crippen molar-refractivity contribution in [2.75, 3.05) is 11.9 Å². The molecule has 1 aromatic heterocycles. The molecule has 0 bridgehead atoms. The summed E-state index contributed by atoms with van der Waals surface area (Å²) in [6, 6.07) is 10.2. The van der Waals surface area contributed by atoms with Gasteiger partial charge in [0.05, 0.1) is 10.9 Å². The number of aryl methyl sites for hydroxylation is 2. The first kappa shape index (κ1) is 21.5. The van der Waals surface area contributed by atoms with Gasteiger partial charge in [0.2, 0.25) is 15.0 Å². The second-order valence-electron chi connectivity index (χ2n) is 7.45. The van der Waals surface area contributed by atoms with Gasteiger partial charge in [-0.15, -0.1) is 10.2 Å². The average Bonchev–Trinajstić information content (AvgIpc) is 3.39. The normalized spacial score (nSPS) is 17.1. The molecule has 31 heavy (non-hydrogen) atoms. The maximum Gasteiger partial charge on any atom is 0.286 e. The first-order valence-corrected chi connectivity index (χ1v) is 12.0. The van der Waals surface area contributed by atoms with E-state index in [-0.39, 0.29) is 9.90 Å². The van der Waals surface area contributed by atoms with Crippen LogP contribution in [0.4, 0.5) is 10.1 Å². The lowest BCUT2D eigenvalue weighted by Gasteiger charge is -2.23. The Hall–Kier alpha value is -2.69. The van der Waals surface area contributed by atoms with E-state index < -0.39 is 27.8 Å². The lowest BCUT2D eigenvalue weighted by Crippen LogP contribution is -2.31. The molecule has 10 heteroatoms. The van der Waals surface area contributed by atoms with Crippen molar-refractivity contribution in [1.29, 1.82) is 0 Å². The third-order valence-electron chi connectivity index (χ3n) is 5.14. The fraction of sp³-hybridized carbons (Fsp3) is 0.286. The average molecular weight is 461 g/mol. The monoisotopic (exact) mass is 460 g/mol. The second-order valence-corrected chi connectivity index (χ2v) is 10.3. The molecule has 1 aliphatic heterocycles. The summed E-state index contributed by atoms with van der Waals surface area (Å²) in [6.07, 6.45) is 1.31. The molecule has 0 radical (unpaired) electrons. The minimum absolute atomic E-state index is 0.120. The van der Waals surface area contributed by atoms with Crippen molar-refractivity contribution in [1.82, 2.24) is 14.5 Å². The van der Waals surface area contributed by atoms with E-state index in [9.17, 15) is 17.6 Å². The topological polar surface area (TPSA) is 92.3 Å². The minimum atomic E-state index is -3.71. The molecule has 2 heterocycles. The van der Waals surface area contributed by atoms with Crippen molar-refractivity contribution < 1.29 is 17.6 Å². The van der Waals surface area contributed by atoms with E-state index in [0.717, 1.165) is 16.9 Å². The van der Waals surface area contributed by atoms with Crippen LogP contribution in [0.25, 0.3) is 0 Å². The summed E-state index contributed by atoms with van der Waals surface area (Å²) in [6.45, 7) is 4.09. The summed E-state index contributed by atoms with van der Waals surface area (Å²) >= 11 is 1.07. The molecule has 7 nitrogen and oxygen atoms in total. The number of hydrogen-bond acceptors (Lipinski definition) is 6. The fourth-order valence-corrected chi connectivity index (χ4v) is 6.49. The van der Waals surface area contributed by atoms with Crippen molar-refractivity contribution in [3.05, 3.63) is 69.4 Å². The van der Waals surface area contributed by atoms with Crippen LogP contribution < -0.4 is 5.32 Å². The molecule has 1 saturated heterocycles. The van der Waals surface area contributed by atoms with Gasteiger partial charge in [0.1, 0.15) is 10.8 Å². The summed E-state index contributed by atoms with van der Waals surface area (Å²) in [7, 11) is -3.71. The van der Waals surface area contributed by atoms with Crippen molar-refractivity contribution in [3.8, 4) is 0 Å². The Morgan fingerprint density at radius 3 is 2.61 bits per heavy atom. The molecule has 1 N–H and O–H groups in total. The minimum Gasteiger partial charge on any atom is -0.320 e. The molecule has 2 aromatic carbocycles. The van der Waals surface area contributed by atoms with Crippen molar-refractivity contribution in [3.63, 3.8) is 0 Å². The molecule has 0 aliphatic carbocycles. The van der Waals surface area contributed by atoms with E-state index in [2.05, 4.69) is 15.5 Å². The van der Waals surface area contributed by atoms with Crippen LogP contribution in [0.3, 0.4) is 0 Å². The van der Waals surface area contributed by atoms with E-state index in [1.54, 1.807) is 19.1 Å². The molecule has 0 spiro atoms. The number of carbonyl (C=O) groups is 1. The highest BCUT2D eigenvalue weighted by Crippen LogP contribution is 2.38. The molecule has 1 aliphatic rings. The number of nitrogens with zero attached hydrogens (tertiary/aromatic N) is 3. The van der Waals surface area contributed by atoms with Crippen LogP contribution in [0.5, 0.6) is 0 Å². The Balaban J connectivity index is 1.56. The molecule has 162 valence electrons. The Morgan fingerprint density at radius 2 is 1.90 bits per heavy atom. The van der Waals surface area contributed by atoms with Gasteiger partial charge in [-0.05, 0) is 62.6 Å². The van der Waals surface area contributed by atoms with Gasteiger partial charge in [-0.25, -0.2) is 12.8 Å². The molecule has 3 aromatic rings. The molecule has 1 atom stereocenters. The first-order valence-electron chi connectivity index (χ1n) is 9.75. The van der Waals surface area contributed by atoms with Crippen LogP contribution >= 0.6 is 11.3 Å². The predicted molar refractivity (Wildman–Crippen MR) is 116 cm³/mol. The zero-order valence-electron chi connectivity index (χ0n) is 17.0. The summed E-state index contributed by atoms with van der Waals surface area (Å²) < 4.78 is 41.2. The third kappa shape index (κ3) is 4.36. The third-order valence-corrected chi connectivity index (χ3v) is 8.23. The highest BCUT2D eigenvalue weighted by Gasteiger charge is 2.39. The van der Waals surface area contributed by atoms with Crippen molar-refractivity contribution in [2.24, 2.45) is 0 Å². The highest BCUT2D eigenvalue weighted by molar-refractivity contribution is 7.89. The second kappa shape index (κ2) is 8.45. The summed E-state index contributed by atoms with van der Waals surface area (Å²) in [5.41, 5.74) is 2.13. The maximum atomic E-state index is 13.3. The largest absolute Gasteiger partial charge is 0.320 e. The maximum absolute atomic E-state index is 13.3. The summed E-state index contributed by atoms with van der Waals surface area (Å²) in [5, 5.41) is 11.3. The standard InChI is InChI=1S/C21H21FN4O3S2/c1-13-5-10-18(14(2)12-13)31(28,29)26-11-3-4-17(26)20-24-25-21(30-20)19(27)23-16-8-6-15(22)7-9-16/h5-10,12,17H,3-4,11H2,1-2H3,(H,23,27). The Bertz CT molecular complexity index is 1230. The van der Waals surface area contributed by atoms with Crippen LogP contribution in [0.1, 0.15) is 44.8 Å². The molecule has 0 saturated carbocycles. The number of halogens is 1. The van der Waals surface area contributed by atoms with Crippen LogP contribution in [-0.4, -0.2) is 35.4 Å². The quantitative estimate of drug-likeness (QED) is 0.620. The summed E-state index contributed by atoms with van der Waals surface area (Å²) in [5.74, 6) is -0.875. The van der Waals surface area contributed by atoms with Gasteiger partial charge >= 0.3 is 0 Å². The number of amides is 1. The molecule has 1 unspecified atom stereocenters. The molecular formula is C21H21FN4O3S2. The first-order chi connectivity index (χ1) is 14.8. The smallest absolute Gasteiger partial charge is 0.286 e. The number of sulfonamides is 1. The Morgan fingerprint density at radius 1 is 1.16 bits per heavy atom. The van der Waals surface area contributed by atoms with Crippen LogP contribution in [0, 0.1) is 19.7 Å². The van der Waals surface area contributed by atoms with Gasteiger partial charge < -0.3 is 5.32 Å². The SMILES string of the molecule is Cc1ccc(S(=O)(=O)N2CCCC2c2nnc(C(=O)Nc3ccc(F)cc3)s2)c(C)c1. The fourth-order valence-electron chi connectivity index (χ4n) is 3.67. The zero-order valence-corrected chi connectivity index (χ0v) is 18.6. The Labute approximate surface area is 184 Å². The lowest BCUT2D eigenvalue weighted by molar-refractivity contribution is 0.102. The number of anilines is 1. The van der Waals surface area contributed by atoms with E-state index >= 15 is 0 Å². The predicted octanol–water partition coefficient (Wildman–Crippen LogP) is 4.07. The van der Waals surface area contributed by atoms with Crippen LogP contribution in [0.2, 0.25) is 0 Å². The van der Waals surface area contributed by atoms with Gasteiger partial charge in [0.15, 0.2) is 0 Å². The van der Waals surface area contributed by atoms with E-state index in [4.69, 9.17) is 0 Å². The highest BCUT2D eigenvalue weighted by atomic mass is 32.2. The number of nitrogens with one attached hydrogen (secondary N) is 1. The van der Waals surface area contributed by atoms with Gasteiger partial charge in [-0.1, -0.05) is 29.0 Å². The van der Waals surface area contributed by atoms with Crippen LogP contribution in [0.15, 0.2) is 47.4 Å². The van der Waals surface area contributed by atoms with Crippen molar-refractivity contribution >= 4 is 33.0 Å². The van der Waals surface area contributed by atoms with Gasteiger partial charge in [-0.3, -0.25) is 4.79 Å². The molecule has 4 rings (SSSR count). The van der Waals surface area contributed by atoms with E-state index in [1.165, 1.54) is 28.6 Å². The number of hydrogen-bond donors (Lipinski definition) is 1. The number of aromatic nitrogens is 2. The summed E-state index contributed by atoms with van der Waals surface area (Å²) in [4.78, 5) is 12.8. The van der Waals surface area contributed by atoms with E-state index in [1.807, 2.05) is 13.0 Å². The zero-order chi connectivity index (χ0) is 22.2. The molecule has 1 fully saturated rings. The Kier molecular flexibility index (Phi) is 5.87. The van der Waals surface area contributed by atoms with Gasteiger partial charge in [0.25, 0.3) is 5.91 Å².